The summed E-state index contributed by atoms with van der Waals surface area (Å²) in [7, 11) is 0. The highest BCUT2D eigenvalue weighted by molar-refractivity contribution is 5.92. The molecule has 1 aromatic heterocycles. The van der Waals surface area contributed by atoms with Gasteiger partial charge in [0.25, 0.3) is 5.91 Å². The quantitative estimate of drug-likeness (QED) is 0.795. The lowest BCUT2D eigenvalue weighted by Crippen LogP contribution is -2.51. The summed E-state index contributed by atoms with van der Waals surface area (Å²) in [5.74, 6) is 0.157. The van der Waals surface area contributed by atoms with E-state index in [1.165, 1.54) is 6.20 Å². The maximum absolute atomic E-state index is 12.1. The third kappa shape index (κ3) is 2.48. The molecule has 1 saturated heterocycles. The van der Waals surface area contributed by atoms with Crippen LogP contribution in [0.25, 0.3) is 0 Å². The molecule has 0 bridgehead atoms. The second-order valence-corrected chi connectivity index (χ2v) is 4.36. The van der Waals surface area contributed by atoms with Gasteiger partial charge in [0, 0.05) is 24.7 Å². The lowest BCUT2D eigenvalue weighted by Gasteiger charge is -2.34. The molecule has 0 aromatic carbocycles. The molecule has 1 amide bonds. The molecule has 1 fully saturated rings. The summed E-state index contributed by atoms with van der Waals surface area (Å²) in [5, 5.41) is 3.61. The summed E-state index contributed by atoms with van der Waals surface area (Å²) in [6, 6.07) is -0.0959. The van der Waals surface area contributed by atoms with Crippen LogP contribution in [0.4, 0.5) is 0 Å². The topological polar surface area (TPSA) is 81.6 Å². The van der Waals surface area contributed by atoms with Gasteiger partial charge in [-0.05, 0) is 13.8 Å². The number of hydrogen-bond donors (Lipinski definition) is 1. The number of hydrogen-bond acceptors (Lipinski definition) is 5. The minimum Gasteiger partial charge on any atom is -0.373 e. The Balaban J connectivity index is 2.07. The standard InChI is InChI=1S/C11H17N3O3/c1-7-5-13-17-10(7)11(15)14-3-4-16-9(6-14)8(2)12/h5,8-9H,3-4,6,12H2,1-2H3. The maximum Gasteiger partial charge on any atom is 0.292 e. The molecule has 2 N–H and O–H groups in total. The van der Waals surface area contributed by atoms with Crippen LogP contribution in [0, 0.1) is 6.92 Å². The number of carbonyl (C=O) groups is 1. The molecule has 17 heavy (non-hydrogen) atoms. The van der Waals surface area contributed by atoms with Gasteiger partial charge in [0.1, 0.15) is 0 Å². The van der Waals surface area contributed by atoms with E-state index in [-0.39, 0.29) is 18.1 Å². The van der Waals surface area contributed by atoms with E-state index >= 15 is 0 Å². The Kier molecular flexibility index (Phi) is 3.44. The Morgan fingerprint density at radius 1 is 1.71 bits per heavy atom. The third-order valence-corrected chi connectivity index (χ3v) is 2.91. The van der Waals surface area contributed by atoms with Crippen molar-refractivity contribution in [1.82, 2.24) is 10.1 Å². The monoisotopic (exact) mass is 239 g/mol. The van der Waals surface area contributed by atoms with Crippen LogP contribution < -0.4 is 5.73 Å². The Morgan fingerprint density at radius 3 is 3.06 bits per heavy atom. The highest BCUT2D eigenvalue weighted by Crippen LogP contribution is 2.14. The van der Waals surface area contributed by atoms with Gasteiger partial charge >= 0.3 is 0 Å². The predicted molar refractivity (Wildman–Crippen MR) is 60.5 cm³/mol. The zero-order valence-electron chi connectivity index (χ0n) is 10.0. The van der Waals surface area contributed by atoms with E-state index in [1.807, 2.05) is 6.92 Å². The lowest BCUT2D eigenvalue weighted by molar-refractivity contribution is -0.0310. The molecular weight excluding hydrogens is 222 g/mol. The predicted octanol–water partition coefficient (Wildman–Crippen LogP) is 0.171. The van der Waals surface area contributed by atoms with E-state index in [9.17, 15) is 4.79 Å². The summed E-state index contributed by atoms with van der Waals surface area (Å²) < 4.78 is 10.5. The molecule has 0 spiro atoms. The molecule has 0 saturated carbocycles. The first kappa shape index (κ1) is 12.1. The van der Waals surface area contributed by atoms with Gasteiger partial charge in [-0.2, -0.15) is 0 Å². The third-order valence-electron chi connectivity index (χ3n) is 2.91. The number of nitrogens with two attached hydrogens (primary N) is 1. The number of nitrogens with zero attached hydrogens (tertiary/aromatic N) is 2. The van der Waals surface area contributed by atoms with Gasteiger partial charge in [0.15, 0.2) is 0 Å². The van der Waals surface area contributed by atoms with Crippen LogP contribution in [0.15, 0.2) is 10.7 Å². The number of ether oxygens (including phenoxy) is 1. The van der Waals surface area contributed by atoms with Crippen LogP contribution in [-0.4, -0.2) is 47.8 Å². The molecule has 1 aliphatic heterocycles. The highest BCUT2D eigenvalue weighted by Gasteiger charge is 2.29. The van der Waals surface area contributed by atoms with Crippen LogP contribution in [0.5, 0.6) is 0 Å². The van der Waals surface area contributed by atoms with Crippen LogP contribution in [-0.2, 0) is 4.74 Å². The van der Waals surface area contributed by atoms with Gasteiger partial charge in [0.2, 0.25) is 5.76 Å². The normalized spacial score (nSPS) is 22.5. The first-order valence-corrected chi connectivity index (χ1v) is 5.67. The Hall–Kier alpha value is -1.40. The van der Waals surface area contributed by atoms with Crippen molar-refractivity contribution in [1.29, 1.82) is 0 Å². The molecule has 2 heterocycles. The van der Waals surface area contributed by atoms with Gasteiger partial charge in [-0.3, -0.25) is 4.79 Å². The van der Waals surface area contributed by atoms with E-state index in [0.29, 0.717) is 25.5 Å². The van der Waals surface area contributed by atoms with E-state index < -0.39 is 0 Å². The molecule has 2 atom stereocenters. The second kappa shape index (κ2) is 4.85. The van der Waals surface area contributed by atoms with Crippen molar-refractivity contribution >= 4 is 5.91 Å². The average molecular weight is 239 g/mol. The lowest BCUT2D eigenvalue weighted by atomic mass is 10.1. The number of aromatic nitrogens is 1. The van der Waals surface area contributed by atoms with E-state index in [4.69, 9.17) is 15.0 Å². The molecule has 6 heteroatoms. The summed E-state index contributed by atoms with van der Waals surface area (Å²) >= 11 is 0. The van der Waals surface area contributed by atoms with Gasteiger partial charge < -0.3 is 19.9 Å². The van der Waals surface area contributed by atoms with Crippen molar-refractivity contribution in [3.63, 3.8) is 0 Å². The van der Waals surface area contributed by atoms with Gasteiger partial charge in [-0.1, -0.05) is 5.16 Å². The molecule has 2 unspecified atom stereocenters. The highest BCUT2D eigenvalue weighted by atomic mass is 16.5. The molecule has 94 valence electrons. The van der Waals surface area contributed by atoms with E-state index in [0.717, 1.165) is 5.56 Å². The Morgan fingerprint density at radius 2 is 2.47 bits per heavy atom. The van der Waals surface area contributed by atoms with Crippen molar-refractivity contribution in [3.8, 4) is 0 Å². The Labute approximate surface area is 99.7 Å². The van der Waals surface area contributed by atoms with Crippen LogP contribution >= 0.6 is 0 Å². The zero-order chi connectivity index (χ0) is 12.4. The van der Waals surface area contributed by atoms with Crippen molar-refractivity contribution in [2.45, 2.75) is 26.0 Å². The molecule has 0 aliphatic carbocycles. The van der Waals surface area contributed by atoms with Crippen molar-refractivity contribution in [2.24, 2.45) is 5.73 Å². The number of rotatable bonds is 2. The number of aryl methyl sites for hydroxylation is 1. The smallest absolute Gasteiger partial charge is 0.292 e. The second-order valence-electron chi connectivity index (χ2n) is 4.36. The van der Waals surface area contributed by atoms with Crippen LogP contribution in [0.2, 0.25) is 0 Å². The number of amides is 1. The molecule has 1 aromatic rings. The van der Waals surface area contributed by atoms with Crippen LogP contribution in [0.1, 0.15) is 23.0 Å². The Bertz CT molecular complexity index is 402. The number of morpholine rings is 1. The van der Waals surface area contributed by atoms with Gasteiger partial charge in [0.05, 0.1) is 18.9 Å². The first-order chi connectivity index (χ1) is 8.09. The van der Waals surface area contributed by atoms with Crippen LogP contribution in [0.3, 0.4) is 0 Å². The first-order valence-electron chi connectivity index (χ1n) is 5.67. The minimum absolute atomic E-state index is 0.0959. The minimum atomic E-state index is -0.144. The summed E-state index contributed by atoms with van der Waals surface area (Å²) in [6.07, 6.45) is 1.42. The summed E-state index contributed by atoms with van der Waals surface area (Å²) in [5.41, 5.74) is 6.53. The molecule has 0 radical (unpaired) electrons. The average Bonchev–Trinajstić information content (AvgIpc) is 2.74. The fourth-order valence-corrected chi connectivity index (χ4v) is 1.82. The van der Waals surface area contributed by atoms with Crippen molar-refractivity contribution in [2.75, 3.05) is 19.7 Å². The van der Waals surface area contributed by atoms with E-state index in [2.05, 4.69) is 5.16 Å². The fraction of sp³-hybridized carbons (Fsp3) is 0.636. The van der Waals surface area contributed by atoms with Crippen molar-refractivity contribution in [3.05, 3.63) is 17.5 Å². The SMILES string of the molecule is Cc1cnoc1C(=O)N1CCOC(C(C)N)C1. The maximum atomic E-state index is 12.1. The number of carbonyl (C=O) groups excluding carboxylic acids is 1. The van der Waals surface area contributed by atoms with Gasteiger partial charge in [-0.15, -0.1) is 0 Å². The van der Waals surface area contributed by atoms with Gasteiger partial charge in [-0.25, -0.2) is 0 Å². The fourth-order valence-electron chi connectivity index (χ4n) is 1.82. The zero-order valence-corrected chi connectivity index (χ0v) is 10.0. The largest absolute Gasteiger partial charge is 0.373 e. The summed E-state index contributed by atoms with van der Waals surface area (Å²) in [4.78, 5) is 13.8. The molecular formula is C11H17N3O3. The molecule has 1 aliphatic rings. The molecule has 6 nitrogen and oxygen atoms in total. The summed E-state index contributed by atoms with van der Waals surface area (Å²) in [6.45, 7) is 5.23. The van der Waals surface area contributed by atoms with Crippen molar-refractivity contribution < 1.29 is 14.1 Å². The molecule has 2 rings (SSSR count). The van der Waals surface area contributed by atoms with E-state index in [1.54, 1.807) is 11.8 Å².